The number of nitrogens with zero attached hydrogens (tertiary/aromatic N) is 2. The van der Waals surface area contributed by atoms with Crippen molar-refractivity contribution < 1.29 is 14.3 Å². The van der Waals surface area contributed by atoms with E-state index in [1.807, 2.05) is 32.0 Å². The predicted molar refractivity (Wildman–Crippen MR) is 111 cm³/mol. The molecule has 0 spiro atoms. The minimum Gasteiger partial charge on any atom is -0.482 e. The van der Waals surface area contributed by atoms with Crippen LogP contribution in [0.4, 0.5) is 10.8 Å². The number of nitrogens with one attached hydrogen (secondary N) is 1. The van der Waals surface area contributed by atoms with Crippen molar-refractivity contribution in [2.24, 2.45) is 5.92 Å². The Hall–Kier alpha value is -2.41. The Morgan fingerprint density at radius 3 is 2.86 bits per heavy atom. The quantitative estimate of drug-likeness (QED) is 0.828. The molecule has 0 atom stereocenters. The highest BCUT2D eigenvalue weighted by Crippen LogP contribution is 2.38. The average molecular weight is 400 g/mol. The number of rotatable bonds is 4. The maximum absolute atomic E-state index is 12.5. The summed E-state index contributed by atoms with van der Waals surface area (Å²) in [5.41, 5.74) is 2.53. The van der Waals surface area contributed by atoms with Gasteiger partial charge in [-0.05, 0) is 44.9 Å². The van der Waals surface area contributed by atoms with E-state index in [1.165, 1.54) is 17.8 Å². The standard InChI is InChI=1S/C21H25N3O3S/c1-3-24-16-11-15(9-10-17(16)27-12-18(24)25)19-13(2)28-21(22-19)23-20(26)14-7-5-4-6-8-14/h9-11,14H,3-8,12H2,1-2H3,(H,22,23,26). The third-order valence-electron chi connectivity index (χ3n) is 5.49. The van der Waals surface area contributed by atoms with Crippen LogP contribution in [-0.4, -0.2) is 29.9 Å². The fraction of sp³-hybridized carbons (Fsp3) is 0.476. The van der Waals surface area contributed by atoms with Gasteiger partial charge in [0.05, 0.1) is 11.4 Å². The van der Waals surface area contributed by atoms with Gasteiger partial charge in [-0.15, -0.1) is 11.3 Å². The number of benzene rings is 1. The highest BCUT2D eigenvalue weighted by Gasteiger charge is 2.26. The molecule has 148 valence electrons. The minimum atomic E-state index is -0.0393. The van der Waals surface area contributed by atoms with E-state index in [0.717, 1.165) is 47.5 Å². The minimum absolute atomic E-state index is 0.0393. The fourth-order valence-electron chi connectivity index (χ4n) is 3.99. The van der Waals surface area contributed by atoms with Crippen LogP contribution in [0.3, 0.4) is 0 Å². The Balaban J connectivity index is 1.58. The van der Waals surface area contributed by atoms with Gasteiger partial charge in [0, 0.05) is 22.9 Å². The maximum atomic E-state index is 12.5. The molecule has 28 heavy (non-hydrogen) atoms. The summed E-state index contributed by atoms with van der Waals surface area (Å²) in [5, 5.41) is 3.65. The number of amides is 2. The van der Waals surface area contributed by atoms with Crippen molar-refractivity contribution in [3.05, 3.63) is 23.1 Å². The topological polar surface area (TPSA) is 71.5 Å². The molecule has 1 aliphatic carbocycles. The van der Waals surface area contributed by atoms with Crippen molar-refractivity contribution in [2.75, 3.05) is 23.4 Å². The van der Waals surface area contributed by atoms with Crippen molar-refractivity contribution in [1.82, 2.24) is 4.98 Å². The average Bonchev–Trinajstić information content (AvgIpc) is 3.08. The Morgan fingerprint density at radius 1 is 1.32 bits per heavy atom. The highest BCUT2D eigenvalue weighted by molar-refractivity contribution is 7.16. The SMILES string of the molecule is CCN1C(=O)COc2ccc(-c3nc(NC(=O)C4CCCCC4)sc3C)cc21. The van der Waals surface area contributed by atoms with E-state index in [9.17, 15) is 9.59 Å². The molecule has 2 heterocycles. The molecular weight excluding hydrogens is 374 g/mol. The highest BCUT2D eigenvalue weighted by atomic mass is 32.1. The van der Waals surface area contributed by atoms with Crippen LogP contribution in [0.25, 0.3) is 11.3 Å². The van der Waals surface area contributed by atoms with Crippen LogP contribution in [0.5, 0.6) is 5.75 Å². The van der Waals surface area contributed by atoms with Crippen molar-refractivity contribution in [3.8, 4) is 17.0 Å². The molecule has 0 radical (unpaired) electrons. The second kappa shape index (κ2) is 7.91. The monoisotopic (exact) mass is 399 g/mol. The lowest BCUT2D eigenvalue weighted by atomic mass is 9.89. The van der Waals surface area contributed by atoms with E-state index < -0.39 is 0 Å². The van der Waals surface area contributed by atoms with Gasteiger partial charge in [-0.25, -0.2) is 4.98 Å². The van der Waals surface area contributed by atoms with Crippen LogP contribution in [0.1, 0.15) is 43.9 Å². The van der Waals surface area contributed by atoms with Crippen LogP contribution in [0.2, 0.25) is 0 Å². The van der Waals surface area contributed by atoms with Crippen molar-refractivity contribution in [1.29, 1.82) is 0 Å². The summed E-state index contributed by atoms with van der Waals surface area (Å²) in [7, 11) is 0. The first-order chi connectivity index (χ1) is 13.6. The molecule has 2 aromatic rings. The van der Waals surface area contributed by atoms with E-state index >= 15 is 0 Å². The van der Waals surface area contributed by atoms with Crippen molar-refractivity contribution in [3.63, 3.8) is 0 Å². The summed E-state index contributed by atoms with van der Waals surface area (Å²) >= 11 is 1.49. The fourth-order valence-corrected chi connectivity index (χ4v) is 4.82. The summed E-state index contributed by atoms with van der Waals surface area (Å²) in [6, 6.07) is 5.79. The number of hydrogen-bond acceptors (Lipinski definition) is 5. The zero-order valence-corrected chi connectivity index (χ0v) is 17.1. The lowest BCUT2D eigenvalue weighted by Crippen LogP contribution is -2.38. The third kappa shape index (κ3) is 3.63. The molecule has 1 aromatic heterocycles. The Morgan fingerprint density at radius 2 is 2.11 bits per heavy atom. The number of fused-ring (bicyclic) bond motifs is 1. The zero-order valence-electron chi connectivity index (χ0n) is 16.3. The smallest absolute Gasteiger partial charge is 0.265 e. The Labute approximate surface area is 168 Å². The zero-order chi connectivity index (χ0) is 19.7. The lowest BCUT2D eigenvalue weighted by molar-refractivity contribution is -0.121. The van der Waals surface area contributed by atoms with Gasteiger partial charge in [0.2, 0.25) is 5.91 Å². The number of likely N-dealkylation sites (N-methyl/N-ethyl adjacent to an activating group) is 1. The lowest BCUT2D eigenvalue weighted by Gasteiger charge is -2.28. The molecule has 0 saturated heterocycles. The van der Waals surface area contributed by atoms with Gasteiger partial charge in [0.15, 0.2) is 11.7 Å². The molecular formula is C21H25N3O3S. The van der Waals surface area contributed by atoms with Crippen LogP contribution < -0.4 is 15.0 Å². The van der Waals surface area contributed by atoms with E-state index in [2.05, 4.69) is 10.3 Å². The number of aromatic nitrogens is 1. The van der Waals surface area contributed by atoms with Gasteiger partial charge < -0.3 is 15.0 Å². The number of carbonyl (C=O) groups excluding carboxylic acids is 2. The molecule has 1 aliphatic heterocycles. The van der Waals surface area contributed by atoms with Crippen LogP contribution >= 0.6 is 11.3 Å². The predicted octanol–water partition coefficient (Wildman–Crippen LogP) is 4.38. The number of aryl methyl sites for hydroxylation is 1. The molecule has 1 N–H and O–H groups in total. The largest absolute Gasteiger partial charge is 0.482 e. The number of anilines is 2. The molecule has 1 aromatic carbocycles. The molecule has 0 bridgehead atoms. The summed E-state index contributed by atoms with van der Waals surface area (Å²) in [6.07, 6.45) is 5.42. The molecule has 1 saturated carbocycles. The first-order valence-corrected chi connectivity index (χ1v) is 10.7. The van der Waals surface area contributed by atoms with Crippen LogP contribution in [0.15, 0.2) is 18.2 Å². The van der Waals surface area contributed by atoms with Gasteiger partial charge >= 0.3 is 0 Å². The summed E-state index contributed by atoms with van der Waals surface area (Å²) in [6.45, 7) is 4.62. The van der Waals surface area contributed by atoms with Crippen molar-refractivity contribution in [2.45, 2.75) is 46.0 Å². The molecule has 1 fully saturated rings. The number of carbonyl (C=O) groups is 2. The van der Waals surface area contributed by atoms with Crippen molar-refractivity contribution >= 4 is 34.0 Å². The maximum Gasteiger partial charge on any atom is 0.265 e. The normalized spacial score (nSPS) is 17.2. The molecule has 2 aliphatic rings. The number of hydrogen-bond donors (Lipinski definition) is 1. The molecule has 7 heteroatoms. The molecule has 4 rings (SSSR count). The number of ether oxygens (including phenoxy) is 1. The first-order valence-electron chi connectivity index (χ1n) is 9.92. The Bertz CT molecular complexity index is 902. The van der Waals surface area contributed by atoms with Gasteiger partial charge in [-0.2, -0.15) is 0 Å². The van der Waals surface area contributed by atoms with Crippen LogP contribution in [0, 0.1) is 12.8 Å². The van der Waals surface area contributed by atoms with Gasteiger partial charge in [0.25, 0.3) is 5.91 Å². The summed E-state index contributed by atoms with van der Waals surface area (Å²) in [5.74, 6) is 0.861. The number of thiazole rings is 1. The van der Waals surface area contributed by atoms with E-state index in [4.69, 9.17) is 4.74 Å². The molecule has 6 nitrogen and oxygen atoms in total. The van der Waals surface area contributed by atoms with E-state index in [1.54, 1.807) is 4.90 Å². The first kappa shape index (κ1) is 18.9. The van der Waals surface area contributed by atoms with Gasteiger partial charge in [-0.3, -0.25) is 9.59 Å². The van der Waals surface area contributed by atoms with E-state index in [0.29, 0.717) is 17.4 Å². The van der Waals surface area contributed by atoms with Gasteiger partial charge in [0.1, 0.15) is 5.75 Å². The second-order valence-corrected chi connectivity index (χ2v) is 8.56. The Kier molecular flexibility index (Phi) is 5.35. The molecule has 2 amide bonds. The van der Waals surface area contributed by atoms with E-state index in [-0.39, 0.29) is 24.3 Å². The van der Waals surface area contributed by atoms with Gasteiger partial charge in [-0.1, -0.05) is 19.3 Å². The third-order valence-corrected chi connectivity index (χ3v) is 6.38. The molecule has 0 unspecified atom stereocenters. The van der Waals surface area contributed by atoms with Crippen LogP contribution in [-0.2, 0) is 9.59 Å². The summed E-state index contributed by atoms with van der Waals surface area (Å²) in [4.78, 5) is 32.1. The second-order valence-electron chi connectivity index (χ2n) is 7.36. The summed E-state index contributed by atoms with van der Waals surface area (Å²) < 4.78 is 5.55.